The first-order chi connectivity index (χ1) is 31.2. The molecule has 0 saturated carbocycles. The molecule has 1 saturated heterocycles. The minimum absolute atomic E-state index is 0.172. The standard InChI is InChI=1S/C47H58N10O7/c1-33(53-45(59)35-12-8-13-36(29-35)50-21-23-56(3)44(55-48-2)41-19-20-49-32-52-41)34-11-9-14-37(30-34)64-25-7-5-4-6-24-62-27-28-63-26-22-51-40-16-10-15-38-39(40)31-57(47(38)61)42-17-18-43(58)54-46(42)60/h8-16,19-20,29-30,32-33,42,50-51H,2,4-7,17-18,21-28,31H2,1,3H3,(H,53,59)(H,54,58,60)/b55-44-. The first kappa shape index (κ1) is 46.8. The molecule has 0 aliphatic carbocycles. The molecule has 2 atom stereocenters. The SMILES string of the molecule is C=N/N=C(/c1ccncn1)N(C)CCNc1cccc(C(=O)NC(C)c2cccc(OCCCCCCOCCOCCNc3cccc4c3CN(C3CCC(=O)NC3=O)C4=O)c2)c1. The van der Waals surface area contributed by atoms with E-state index in [-0.39, 0.29) is 30.2 Å². The van der Waals surface area contributed by atoms with Crippen molar-refractivity contribution in [2.45, 2.75) is 64.1 Å². The van der Waals surface area contributed by atoms with Gasteiger partial charge in [-0.3, -0.25) is 24.5 Å². The van der Waals surface area contributed by atoms with Crippen molar-refractivity contribution >= 4 is 47.6 Å². The van der Waals surface area contributed by atoms with Crippen molar-refractivity contribution in [3.63, 3.8) is 0 Å². The van der Waals surface area contributed by atoms with Crippen LogP contribution in [0, 0.1) is 0 Å². The molecule has 1 aromatic heterocycles. The Kier molecular flexibility index (Phi) is 17.7. The van der Waals surface area contributed by atoms with Crippen LogP contribution in [0.25, 0.3) is 0 Å². The number of carbonyl (C=O) groups is 4. The number of amidine groups is 1. The highest BCUT2D eigenvalue weighted by atomic mass is 16.5. The Morgan fingerprint density at radius 2 is 1.73 bits per heavy atom. The predicted octanol–water partition coefficient (Wildman–Crippen LogP) is 5.22. The van der Waals surface area contributed by atoms with Crippen LogP contribution in [0.2, 0.25) is 0 Å². The van der Waals surface area contributed by atoms with E-state index in [1.54, 1.807) is 29.3 Å². The number of nitrogens with one attached hydrogen (secondary N) is 4. The number of anilines is 2. The Bertz CT molecular complexity index is 2240. The summed E-state index contributed by atoms with van der Waals surface area (Å²) in [5.74, 6) is 0.261. The number of imide groups is 1. The first-order valence-electron chi connectivity index (χ1n) is 21.8. The third-order valence-corrected chi connectivity index (χ3v) is 10.9. The fraction of sp³-hybridized carbons (Fsp3) is 0.404. The molecule has 0 radical (unpaired) electrons. The molecule has 2 unspecified atom stereocenters. The lowest BCUT2D eigenvalue weighted by molar-refractivity contribution is -0.136. The van der Waals surface area contributed by atoms with Crippen LogP contribution in [0.3, 0.4) is 0 Å². The third-order valence-electron chi connectivity index (χ3n) is 10.9. The van der Waals surface area contributed by atoms with Crippen LogP contribution in [0.5, 0.6) is 5.75 Å². The molecular weight excluding hydrogens is 817 g/mol. The number of aromatic nitrogens is 2. The van der Waals surface area contributed by atoms with Gasteiger partial charge in [0.25, 0.3) is 11.8 Å². The summed E-state index contributed by atoms with van der Waals surface area (Å²) >= 11 is 0. The number of hydrogen-bond acceptors (Lipinski definition) is 13. The quantitative estimate of drug-likeness (QED) is 0.0223. The lowest BCUT2D eigenvalue weighted by Crippen LogP contribution is -2.52. The molecule has 4 N–H and O–H groups in total. The van der Waals surface area contributed by atoms with Gasteiger partial charge in [-0.25, -0.2) is 9.97 Å². The zero-order valence-corrected chi connectivity index (χ0v) is 36.6. The Balaban J connectivity index is 0.794. The van der Waals surface area contributed by atoms with E-state index in [0.29, 0.717) is 88.3 Å². The maximum atomic E-state index is 13.2. The van der Waals surface area contributed by atoms with Crippen molar-refractivity contribution in [3.05, 3.63) is 113 Å². The van der Waals surface area contributed by atoms with E-state index in [2.05, 4.69) is 48.2 Å². The van der Waals surface area contributed by atoms with Gasteiger partial charge in [-0.1, -0.05) is 30.7 Å². The topological polar surface area (TPSA) is 201 Å². The largest absolute Gasteiger partial charge is 0.494 e. The van der Waals surface area contributed by atoms with Crippen LogP contribution in [0.15, 0.2) is 95.5 Å². The summed E-state index contributed by atoms with van der Waals surface area (Å²) in [6, 6.07) is 21.6. The Labute approximate surface area is 374 Å². The molecule has 0 spiro atoms. The van der Waals surface area contributed by atoms with Gasteiger partial charge < -0.3 is 40.0 Å². The molecule has 3 heterocycles. The average molecular weight is 875 g/mol. The number of nitrogens with zero attached hydrogens (tertiary/aromatic N) is 6. The highest BCUT2D eigenvalue weighted by Gasteiger charge is 2.39. The monoisotopic (exact) mass is 874 g/mol. The number of amides is 4. The van der Waals surface area contributed by atoms with Crippen LogP contribution >= 0.6 is 0 Å². The van der Waals surface area contributed by atoms with E-state index in [1.165, 1.54) is 6.33 Å². The fourth-order valence-corrected chi connectivity index (χ4v) is 7.48. The van der Waals surface area contributed by atoms with Crippen molar-refractivity contribution in [1.82, 2.24) is 30.4 Å². The number of unbranched alkanes of at least 4 members (excludes halogenated alkanes) is 3. The summed E-state index contributed by atoms with van der Waals surface area (Å²) in [7, 11) is 1.90. The summed E-state index contributed by atoms with van der Waals surface area (Å²) in [6.07, 6.45) is 7.59. The molecule has 17 nitrogen and oxygen atoms in total. The minimum Gasteiger partial charge on any atom is -0.494 e. The number of piperidine rings is 1. The van der Waals surface area contributed by atoms with E-state index in [1.807, 2.05) is 73.5 Å². The van der Waals surface area contributed by atoms with E-state index < -0.39 is 11.9 Å². The van der Waals surface area contributed by atoms with E-state index in [4.69, 9.17) is 14.2 Å². The smallest absolute Gasteiger partial charge is 0.255 e. The molecule has 6 rings (SSSR count). The van der Waals surface area contributed by atoms with Crippen LogP contribution in [0.1, 0.15) is 89.0 Å². The van der Waals surface area contributed by atoms with Gasteiger partial charge in [-0.15, -0.1) is 5.10 Å². The number of fused-ring (bicyclic) bond motifs is 1. The average Bonchev–Trinajstić information content (AvgIpc) is 3.64. The lowest BCUT2D eigenvalue weighted by Gasteiger charge is -2.29. The Morgan fingerprint density at radius 3 is 2.53 bits per heavy atom. The normalized spacial score (nSPS) is 15.3. The molecule has 4 amide bonds. The number of carbonyl (C=O) groups excluding carboxylic acids is 4. The second kappa shape index (κ2) is 24.2. The number of hydrogen-bond donors (Lipinski definition) is 4. The van der Waals surface area contributed by atoms with Crippen molar-refractivity contribution < 1.29 is 33.4 Å². The van der Waals surface area contributed by atoms with Gasteiger partial charge in [-0.2, -0.15) is 5.10 Å². The molecular formula is C47H58N10O7. The maximum Gasteiger partial charge on any atom is 0.255 e. The second-order valence-corrected chi connectivity index (χ2v) is 15.5. The van der Waals surface area contributed by atoms with Gasteiger partial charge in [-0.05, 0) is 86.7 Å². The van der Waals surface area contributed by atoms with Crippen LogP contribution in [-0.2, 0) is 25.6 Å². The molecule has 1 fully saturated rings. The van der Waals surface area contributed by atoms with Gasteiger partial charge in [0.1, 0.15) is 23.8 Å². The zero-order chi connectivity index (χ0) is 45.1. The van der Waals surface area contributed by atoms with Crippen LogP contribution in [0.4, 0.5) is 11.4 Å². The van der Waals surface area contributed by atoms with E-state index in [9.17, 15) is 19.2 Å². The minimum atomic E-state index is -0.641. The second-order valence-electron chi connectivity index (χ2n) is 15.5. The lowest BCUT2D eigenvalue weighted by atomic mass is 10.0. The van der Waals surface area contributed by atoms with Crippen molar-refractivity contribution in [1.29, 1.82) is 0 Å². The molecule has 4 aromatic rings. The highest BCUT2D eigenvalue weighted by Crippen LogP contribution is 2.32. The van der Waals surface area contributed by atoms with Crippen molar-refractivity contribution in [3.8, 4) is 5.75 Å². The molecule has 3 aromatic carbocycles. The van der Waals surface area contributed by atoms with E-state index in [0.717, 1.165) is 53.9 Å². The number of ether oxygens (including phenoxy) is 3. The van der Waals surface area contributed by atoms with Crippen molar-refractivity contribution in [2.75, 3.05) is 70.3 Å². The van der Waals surface area contributed by atoms with Gasteiger partial charge in [0.2, 0.25) is 11.8 Å². The molecule has 64 heavy (non-hydrogen) atoms. The molecule has 0 bridgehead atoms. The predicted molar refractivity (Wildman–Crippen MR) is 245 cm³/mol. The summed E-state index contributed by atoms with van der Waals surface area (Å²) in [5, 5.41) is 20.0. The summed E-state index contributed by atoms with van der Waals surface area (Å²) in [6.45, 7) is 10.2. The number of benzene rings is 3. The zero-order valence-electron chi connectivity index (χ0n) is 36.6. The molecule has 338 valence electrons. The van der Waals surface area contributed by atoms with Crippen LogP contribution < -0.4 is 26.0 Å². The highest BCUT2D eigenvalue weighted by molar-refractivity contribution is 6.06. The summed E-state index contributed by atoms with van der Waals surface area (Å²) in [5.41, 5.74) is 5.23. The third kappa shape index (κ3) is 13.4. The van der Waals surface area contributed by atoms with Gasteiger partial charge in [0.15, 0.2) is 5.84 Å². The first-order valence-corrected chi connectivity index (χ1v) is 21.8. The molecule has 2 aliphatic heterocycles. The summed E-state index contributed by atoms with van der Waals surface area (Å²) < 4.78 is 17.6. The number of likely N-dealkylation sites (N-methyl/N-ethyl adjacent to an activating group) is 1. The maximum absolute atomic E-state index is 13.2. The van der Waals surface area contributed by atoms with E-state index >= 15 is 0 Å². The van der Waals surface area contributed by atoms with Gasteiger partial charge in [0, 0.05) is 87.2 Å². The fourth-order valence-electron chi connectivity index (χ4n) is 7.48. The Hall–Kier alpha value is -6.72. The Morgan fingerprint density at radius 1 is 0.938 bits per heavy atom. The van der Waals surface area contributed by atoms with Gasteiger partial charge in [0.05, 0.1) is 32.5 Å². The molecule has 17 heteroatoms. The van der Waals surface area contributed by atoms with Crippen LogP contribution in [-0.4, -0.2) is 122 Å². The molecule has 2 aliphatic rings. The van der Waals surface area contributed by atoms with Gasteiger partial charge >= 0.3 is 0 Å². The number of rotatable bonds is 25. The summed E-state index contributed by atoms with van der Waals surface area (Å²) in [4.78, 5) is 61.9. The van der Waals surface area contributed by atoms with Crippen molar-refractivity contribution in [2.24, 2.45) is 10.2 Å².